The zero-order valence-corrected chi connectivity index (χ0v) is 15.3. The minimum atomic E-state index is 0.942. The van der Waals surface area contributed by atoms with Crippen molar-refractivity contribution in [3.8, 4) is 11.1 Å². The molecule has 0 spiro atoms. The molecule has 2 aliphatic heterocycles. The third kappa shape index (κ3) is 1.74. The monoisotopic (exact) mass is 359 g/mol. The van der Waals surface area contributed by atoms with E-state index in [0.717, 1.165) is 25.1 Å². The molecule has 2 aromatic heterocycles. The summed E-state index contributed by atoms with van der Waals surface area (Å²) >= 11 is 0. The normalized spacial score (nSPS) is 14.6. The summed E-state index contributed by atoms with van der Waals surface area (Å²) in [6, 6.07) is 17.7. The average Bonchev–Trinajstić information content (AvgIpc) is 3.12. The van der Waals surface area contributed by atoms with Gasteiger partial charge in [-0.2, -0.15) is 0 Å². The molecule has 7 rings (SSSR count). The van der Waals surface area contributed by atoms with Crippen molar-refractivity contribution in [3.05, 3.63) is 101 Å². The smallest absolute Gasteiger partial charge is 0.141 e. The molecule has 28 heavy (non-hydrogen) atoms. The van der Waals surface area contributed by atoms with Crippen molar-refractivity contribution in [2.45, 2.75) is 19.3 Å². The number of fused-ring (bicyclic) bond motifs is 8. The molecule has 0 amide bonds. The van der Waals surface area contributed by atoms with Crippen LogP contribution in [0.4, 0.5) is 17.2 Å². The van der Waals surface area contributed by atoms with Crippen LogP contribution in [0.5, 0.6) is 0 Å². The average molecular weight is 359 g/mol. The number of rotatable bonds is 0. The third-order valence-corrected chi connectivity index (χ3v) is 6.44. The van der Waals surface area contributed by atoms with Gasteiger partial charge in [-0.15, -0.1) is 0 Å². The second-order valence-corrected chi connectivity index (χ2v) is 7.90. The third-order valence-electron chi connectivity index (χ3n) is 6.44. The molecule has 4 aromatic rings. The largest absolute Gasteiger partial charge is 0.294 e. The Labute approximate surface area is 163 Å². The lowest BCUT2D eigenvalue weighted by Gasteiger charge is -2.39. The Bertz CT molecular complexity index is 1290. The number of aromatic nitrogens is 2. The van der Waals surface area contributed by atoms with Crippen molar-refractivity contribution in [2.24, 2.45) is 0 Å². The van der Waals surface area contributed by atoms with Crippen molar-refractivity contribution in [3.63, 3.8) is 0 Å². The van der Waals surface area contributed by atoms with Gasteiger partial charge in [0.25, 0.3) is 0 Å². The summed E-state index contributed by atoms with van der Waals surface area (Å²) in [5, 5.41) is 0. The maximum Gasteiger partial charge on any atom is 0.141 e. The molecular weight excluding hydrogens is 342 g/mol. The number of benzene rings is 2. The first-order valence-corrected chi connectivity index (χ1v) is 9.81. The maximum atomic E-state index is 4.78. The molecule has 3 heteroatoms. The predicted octanol–water partition coefficient (Wildman–Crippen LogP) is 5.33. The quantitative estimate of drug-likeness (QED) is 0.367. The molecule has 0 saturated heterocycles. The SMILES string of the molecule is c1ccc2c(c1)Cc1c-2cc2c3c1Cc1cnccc1N3c1ncccc1C2. The Balaban J connectivity index is 1.58. The molecule has 0 radical (unpaired) electrons. The summed E-state index contributed by atoms with van der Waals surface area (Å²) in [6.45, 7) is 0. The van der Waals surface area contributed by atoms with Crippen LogP contribution in [0, 0.1) is 0 Å². The lowest BCUT2D eigenvalue weighted by atomic mass is 9.83. The van der Waals surface area contributed by atoms with Crippen LogP contribution in [0.2, 0.25) is 0 Å². The van der Waals surface area contributed by atoms with Gasteiger partial charge in [0.15, 0.2) is 0 Å². The van der Waals surface area contributed by atoms with Gasteiger partial charge in [-0.05, 0) is 69.1 Å². The Morgan fingerprint density at radius 3 is 2.61 bits per heavy atom. The second-order valence-electron chi connectivity index (χ2n) is 7.90. The Morgan fingerprint density at radius 1 is 0.714 bits per heavy atom. The summed E-state index contributed by atoms with van der Waals surface area (Å²) in [4.78, 5) is 11.6. The molecule has 3 aliphatic rings. The first kappa shape index (κ1) is 14.6. The summed E-state index contributed by atoms with van der Waals surface area (Å²) < 4.78 is 0. The van der Waals surface area contributed by atoms with Crippen LogP contribution in [-0.2, 0) is 19.3 Å². The molecule has 2 aromatic carbocycles. The van der Waals surface area contributed by atoms with Gasteiger partial charge in [0.1, 0.15) is 5.82 Å². The van der Waals surface area contributed by atoms with Crippen molar-refractivity contribution in [1.29, 1.82) is 0 Å². The zero-order chi connectivity index (χ0) is 18.2. The highest BCUT2D eigenvalue weighted by Gasteiger charge is 2.36. The lowest BCUT2D eigenvalue weighted by molar-refractivity contribution is 0.961. The lowest BCUT2D eigenvalue weighted by Crippen LogP contribution is -2.26. The molecule has 1 aliphatic carbocycles. The number of pyridine rings is 2. The van der Waals surface area contributed by atoms with Crippen LogP contribution in [0.15, 0.2) is 67.1 Å². The molecule has 4 heterocycles. The zero-order valence-electron chi connectivity index (χ0n) is 15.3. The van der Waals surface area contributed by atoms with Gasteiger partial charge < -0.3 is 0 Å². The fraction of sp³-hybridized carbons (Fsp3) is 0.120. The standard InChI is InChI=1S/C25H17N3/c1-2-6-19-15(4-1)11-21-20(19)12-17-10-16-5-3-8-27-25(16)28-23-7-9-26-14-18(23)13-22(21)24(17)28/h1-9,12,14H,10-11,13H2. The fourth-order valence-corrected chi connectivity index (χ4v) is 5.28. The molecule has 0 unspecified atom stereocenters. The first-order chi connectivity index (χ1) is 13.9. The van der Waals surface area contributed by atoms with Crippen LogP contribution in [0.3, 0.4) is 0 Å². The van der Waals surface area contributed by atoms with Crippen molar-refractivity contribution in [1.82, 2.24) is 9.97 Å². The van der Waals surface area contributed by atoms with Crippen LogP contribution < -0.4 is 4.90 Å². The maximum absolute atomic E-state index is 4.78. The molecule has 3 nitrogen and oxygen atoms in total. The molecule has 132 valence electrons. The minimum absolute atomic E-state index is 0.942. The van der Waals surface area contributed by atoms with E-state index in [1.165, 1.54) is 55.9 Å². The van der Waals surface area contributed by atoms with Gasteiger partial charge in [-0.25, -0.2) is 4.98 Å². The van der Waals surface area contributed by atoms with Crippen LogP contribution in [-0.4, -0.2) is 9.97 Å². The molecule has 0 saturated carbocycles. The van der Waals surface area contributed by atoms with Crippen LogP contribution in [0.25, 0.3) is 11.1 Å². The van der Waals surface area contributed by atoms with E-state index in [4.69, 9.17) is 4.98 Å². The number of nitrogens with zero attached hydrogens (tertiary/aromatic N) is 3. The van der Waals surface area contributed by atoms with E-state index in [-0.39, 0.29) is 0 Å². The summed E-state index contributed by atoms with van der Waals surface area (Å²) in [6.07, 6.45) is 8.73. The first-order valence-electron chi connectivity index (χ1n) is 9.81. The topological polar surface area (TPSA) is 29.0 Å². The second kappa shape index (κ2) is 5.08. The minimum Gasteiger partial charge on any atom is -0.294 e. The number of hydrogen-bond donors (Lipinski definition) is 0. The van der Waals surface area contributed by atoms with Gasteiger partial charge in [-0.3, -0.25) is 9.88 Å². The highest BCUT2D eigenvalue weighted by Crippen LogP contribution is 2.53. The van der Waals surface area contributed by atoms with Gasteiger partial charge in [0.05, 0.1) is 11.4 Å². The van der Waals surface area contributed by atoms with E-state index in [0.29, 0.717) is 0 Å². The summed E-state index contributed by atoms with van der Waals surface area (Å²) in [5.74, 6) is 1.07. The number of anilines is 3. The van der Waals surface area contributed by atoms with E-state index in [1.807, 2.05) is 24.7 Å². The predicted molar refractivity (Wildman–Crippen MR) is 111 cm³/mol. The van der Waals surface area contributed by atoms with Gasteiger partial charge in [-0.1, -0.05) is 30.3 Å². The van der Waals surface area contributed by atoms with E-state index in [2.05, 4.69) is 52.3 Å². The van der Waals surface area contributed by atoms with E-state index in [1.54, 1.807) is 0 Å². The van der Waals surface area contributed by atoms with Crippen molar-refractivity contribution in [2.75, 3.05) is 4.90 Å². The Hall–Kier alpha value is -3.46. The van der Waals surface area contributed by atoms with E-state index in [9.17, 15) is 0 Å². The van der Waals surface area contributed by atoms with E-state index < -0.39 is 0 Å². The highest BCUT2D eigenvalue weighted by atomic mass is 15.2. The Kier molecular flexibility index (Phi) is 2.64. The highest BCUT2D eigenvalue weighted by molar-refractivity contribution is 5.92. The van der Waals surface area contributed by atoms with Crippen molar-refractivity contribution >= 4 is 17.2 Å². The number of hydrogen-bond acceptors (Lipinski definition) is 3. The van der Waals surface area contributed by atoms with Gasteiger partial charge in [0.2, 0.25) is 0 Å². The van der Waals surface area contributed by atoms with Crippen molar-refractivity contribution < 1.29 is 0 Å². The van der Waals surface area contributed by atoms with E-state index >= 15 is 0 Å². The molecule has 0 bridgehead atoms. The summed E-state index contributed by atoms with van der Waals surface area (Å²) in [7, 11) is 0. The fourth-order valence-electron chi connectivity index (χ4n) is 5.28. The molecular formula is C25H17N3. The van der Waals surface area contributed by atoms with Gasteiger partial charge in [0, 0.05) is 31.4 Å². The molecule has 0 fully saturated rings. The summed E-state index contributed by atoms with van der Waals surface area (Å²) in [5.41, 5.74) is 13.8. The van der Waals surface area contributed by atoms with Gasteiger partial charge >= 0.3 is 0 Å². The van der Waals surface area contributed by atoms with Crippen LogP contribution in [0.1, 0.15) is 33.4 Å². The Morgan fingerprint density at radius 2 is 1.61 bits per heavy atom. The molecule has 0 atom stereocenters. The van der Waals surface area contributed by atoms with Crippen LogP contribution >= 0.6 is 0 Å². The molecule has 0 N–H and O–H groups in total.